The van der Waals surface area contributed by atoms with Gasteiger partial charge in [0.05, 0.1) is 18.2 Å². The smallest absolute Gasteiger partial charge is 0.402 e. The van der Waals surface area contributed by atoms with Gasteiger partial charge in [-0.15, -0.1) is 0 Å². The van der Waals surface area contributed by atoms with Crippen molar-refractivity contribution >= 4 is 22.9 Å². The van der Waals surface area contributed by atoms with Crippen molar-refractivity contribution in [3.63, 3.8) is 0 Å². The zero-order chi connectivity index (χ0) is 35.0. The van der Waals surface area contributed by atoms with E-state index in [0.29, 0.717) is 0 Å². The van der Waals surface area contributed by atoms with Crippen molar-refractivity contribution in [2.24, 2.45) is 0 Å². The number of carboxylic acids is 1. The Kier molecular flexibility index (Phi) is 9.94. The van der Waals surface area contributed by atoms with E-state index in [1.807, 2.05) is 0 Å². The minimum Gasteiger partial charge on any atom is -0.507 e. The Balaban J connectivity index is 1.57. The van der Waals surface area contributed by atoms with E-state index in [4.69, 9.17) is 33.2 Å². The molecule has 1 aromatic heterocycles. The Morgan fingerprint density at radius 3 is 2.19 bits per heavy atom. The molecule has 19 heteroatoms. The third kappa shape index (κ3) is 7.07. The maximum absolute atomic E-state index is 11.9. The molecule has 0 amide bonds. The van der Waals surface area contributed by atoms with Gasteiger partial charge < -0.3 is 79.9 Å². The number of esters is 1. The molecular formula is C29H31O19+. The molecule has 0 saturated carbocycles. The van der Waals surface area contributed by atoms with Crippen molar-refractivity contribution in [2.75, 3.05) is 13.2 Å². The van der Waals surface area contributed by atoms with E-state index in [1.165, 1.54) is 0 Å². The number of hydrogen-bond donors (Lipinski definition) is 11. The summed E-state index contributed by atoms with van der Waals surface area (Å²) in [6, 6.07) is 5.12. The van der Waals surface area contributed by atoms with Crippen molar-refractivity contribution in [2.45, 2.75) is 61.7 Å². The molecular weight excluding hydrogens is 652 g/mol. The van der Waals surface area contributed by atoms with Crippen molar-refractivity contribution in [3.05, 3.63) is 30.3 Å². The predicted octanol–water partition coefficient (Wildman–Crippen LogP) is -1.42. The summed E-state index contributed by atoms with van der Waals surface area (Å²) in [7, 11) is 0. The van der Waals surface area contributed by atoms with Gasteiger partial charge in [0, 0.05) is 24.3 Å². The molecule has 48 heavy (non-hydrogen) atoms. The summed E-state index contributed by atoms with van der Waals surface area (Å²) in [5.74, 6) is -6.86. The number of carbonyl (C=O) groups excluding carboxylic acids is 1. The third-order valence-corrected chi connectivity index (χ3v) is 7.49. The van der Waals surface area contributed by atoms with Crippen LogP contribution in [0.3, 0.4) is 0 Å². The lowest BCUT2D eigenvalue weighted by Crippen LogP contribution is -2.64. The fourth-order valence-electron chi connectivity index (χ4n) is 5.02. The van der Waals surface area contributed by atoms with Gasteiger partial charge in [0.1, 0.15) is 66.5 Å². The van der Waals surface area contributed by atoms with Crippen molar-refractivity contribution in [1.29, 1.82) is 0 Å². The summed E-state index contributed by atoms with van der Waals surface area (Å²) in [6.45, 7) is -1.32. The highest BCUT2D eigenvalue weighted by Gasteiger charge is 2.51. The van der Waals surface area contributed by atoms with Crippen LogP contribution >= 0.6 is 0 Å². The molecule has 3 heterocycles. The standard InChI is InChI=1S/C29H30O19/c30-10-3-12(31)11-5-17(26(45-16(11)4-10)9-1-13(32)21(38)14(33)2-9)46-29-27(48-28-25(42)22(39)15(34)7-44-28)24(41)23(40)18(47-29)8-43-20(37)6-19(35)36/h1-5,15,18,22-25,27-29,34,39-42H,6-8H2,(H5-,30,31,32,33,35,36,38)/p+1. The number of fused-ring (bicyclic) bond motifs is 1. The summed E-state index contributed by atoms with van der Waals surface area (Å²) in [5, 5.41) is 112. The molecule has 2 fully saturated rings. The molecule has 260 valence electrons. The van der Waals surface area contributed by atoms with Crippen molar-refractivity contribution < 1.29 is 93.9 Å². The average Bonchev–Trinajstić information content (AvgIpc) is 3.02. The third-order valence-electron chi connectivity index (χ3n) is 7.49. The van der Waals surface area contributed by atoms with Crippen LogP contribution in [0.5, 0.6) is 34.5 Å². The minimum atomic E-state index is -2.00. The van der Waals surface area contributed by atoms with Gasteiger partial charge in [0.25, 0.3) is 0 Å². The fraction of sp³-hybridized carbons (Fsp3) is 0.414. The van der Waals surface area contributed by atoms with Gasteiger partial charge in [-0.2, -0.15) is 0 Å². The predicted molar refractivity (Wildman–Crippen MR) is 152 cm³/mol. The monoisotopic (exact) mass is 683 g/mol. The van der Waals surface area contributed by atoms with Crippen LogP contribution in [0.25, 0.3) is 22.3 Å². The largest absolute Gasteiger partial charge is 0.507 e. The number of carbonyl (C=O) groups is 2. The van der Waals surface area contributed by atoms with Crippen LogP contribution in [0, 0.1) is 0 Å². The number of phenols is 5. The summed E-state index contributed by atoms with van der Waals surface area (Å²) < 4.78 is 33.4. The van der Waals surface area contributed by atoms with Gasteiger partial charge in [0.15, 0.2) is 29.6 Å². The number of aromatic hydroxyl groups is 5. The van der Waals surface area contributed by atoms with Gasteiger partial charge in [-0.1, -0.05) is 0 Å². The van der Waals surface area contributed by atoms with Crippen LogP contribution in [-0.4, -0.2) is 137 Å². The minimum absolute atomic E-state index is 0.0741. The second kappa shape index (κ2) is 13.8. The Morgan fingerprint density at radius 1 is 0.833 bits per heavy atom. The zero-order valence-electron chi connectivity index (χ0n) is 24.4. The molecule has 0 bridgehead atoms. The first-order valence-corrected chi connectivity index (χ1v) is 14.1. The molecule has 2 aliphatic heterocycles. The van der Waals surface area contributed by atoms with Crippen molar-refractivity contribution in [1.82, 2.24) is 0 Å². The molecule has 0 radical (unpaired) electrons. The second-order valence-electron chi connectivity index (χ2n) is 10.9. The molecule has 0 spiro atoms. The lowest BCUT2D eigenvalue weighted by molar-refractivity contribution is -0.345. The molecule has 9 atom stereocenters. The first kappa shape index (κ1) is 34.6. The number of ether oxygens (including phenoxy) is 5. The van der Waals surface area contributed by atoms with Crippen LogP contribution in [0.1, 0.15) is 6.42 Å². The van der Waals surface area contributed by atoms with Gasteiger partial charge >= 0.3 is 23.3 Å². The molecule has 5 rings (SSSR count). The Labute approximate surface area is 268 Å². The number of hydrogen-bond acceptors (Lipinski definition) is 17. The number of aliphatic hydroxyl groups is 5. The number of rotatable bonds is 9. The van der Waals surface area contributed by atoms with E-state index in [9.17, 15) is 60.7 Å². The summed E-state index contributed by atoms with van der Waals surface area (Å²) >= 11 is 0. The van der Waals surface area contributed by atoms with Crippen LogP contribution < -0.4 is 4.74 Å². The number of phenolic OH excluding ortho intramolecular Hbond substituents is 5. The molecule has 19 nitrogen and oxygen atoms in total. The molecule has 2 aromatic carbocycles. The van der Waals surface area contributed by atoms with E-state index in [-0.39, 0.29) is 22.3 Å². The fourth-order valence-corrected chi connectivity index (χ4v) is 5.02. The molecule has 2 saturated heterocycles. The zero-order valence-corrected chi connectivity index (χ0v) is 24.4. The normalized spacial score (nSPS) is 29.0. The van der Waals surface area contributed by atoms with Crippen LogP contribution in [0.4, 0.5) is 0 Å². The summed E-state index contributed by atoms with van der Waals surface area (Å²) in [4.78, 5) is 22.7. The number of carboxylic acid groups (broad SMARTS) is 1. The molecule has 0 aliphatic carbocycles. The van der Waals surface area contributed by atoms with E-state index >= 15 is 0 Å². The van der Waals surface area contributed by atoms with Gasteiger partial charge in [-0.05, 0) is 0 Å². The maximum atomic E-state index is 11.9. The van der Waals surface area contributed by atoms with E-state index in [1.54, 1.807) is 0 Å². The van der Waals surface area contributed by atoms with Crippen LogP contribution in [0.2, 0.25) is 0 Å². The Hall–Kier alpha value is -4.73. The van der Waals surface area contributed by atoms with Gasteiger partial charge in [-0.3, -0.25) is 9.59 Å². The van der Waals surface area contributed by atoms with Gasteiger partial charge in [-0.25, -0.2) is 4.42 Å². The van der Waals surface area contributed by atoms with Crippen LogP contribution in [0.15, 0.2) is 34.7 Å². The first-order chi connectivity index (χ1) is 22.6. The van der Waals surface area contributed by atoms with Crippen LogP contribution in [-0.2, 0) is 28.5 Å². The quantitative estimate of drug-likeness (QED) is 0.0533. The molecule has 3 aromatic rings. The highest BCUT2D eigenvalue weighted by molar-refractivity contribution is 5.90. The van der Waals surface area contributed by atoms with E-state index < -0.39 is 121 Å². The van der Waals surface area contributed by atoms with E-state index in [2.05, 4.69) is 0 Å². The summed E-state index contributed by atoms with van der Waals surface area (Å²) in [5.41, 5.74) is -0.303. The van der Waals surface area contributed by atoms with E-state index in [0.717, 1.165) is 30.3 Å². The molecule has 11 N–H and O–H groups in total. The van der Waals surface area contributed by atoms with Crippen molar-refractivity contribution in [3.8, 4) is 45.8 Å². The number of aliphatic hydroxyl groups excluding tert-OH is 5. The topological polar surface area (TPSA) is 314 Å². The average molecular weight is 684 g/mol. The summed E-state index contributed by atoms with van der Waals surface area (Å²) in [6.07, 6.45) is -17.2. The van der Waals surface area contributed by atoms with Gasteiger partial charge in [0.2, 0.25) is 12.0 Å². The highest BCUT2D eigenvalue weighted by atomic mass is 16.8. The number of aliphatic carboxylic acids is 1. The number of benzene rings is 2. The Morgan fingerprint density at radius 2 is 1.52 bits per heavy atom. The Bertz CT molecular complexity index is 1650. The molecule has 9 unspecified atom stereocenters. The lowest BCUT2D eigenvalue weighted by Gasteiger charge is -2.44. The maximum Gasteiger partial charge on any atom is 0.402 e. The molecule has 2 aliphatic rings. The second-order valence-corrected chi connectivity index (χ2v) is 10.9. The lowest BCUT2D eigenvalue weighted by atomic mass is 9.98. The SMILES string of the molecule is O=C(O)CC(=O)OCC1OC(Oc2cc3c(O)cc(O)cc3[o+]c2-c2cc(O)c(O)c(O)c2)C(OC2OCC(O)C(O)C2O)C(O)C1O. The first-order valence-electron chi connectivity index (χ1n) is 14.1. The highest BCUT2D eigenvalue weighted by Crippen LogP contribution is 2.45.